The summed E-state index contributed by atoms with van der Waals surface area (Å²) >= 11 is 0. The van der Waals surface area contributed by atoms with E-state index in [1.165, 1.54) is 0 Å². The first kappa shape index (κ1) is 17.8. The monoisotopic (exact) mass is 361 g/mol. The van der Waals surface area contributed by atoms with Gasteiger partial charge in [0.15, 0.2) is 0 Å². The highest BCUT2D eigenvalue weighted by Crippen LogP contribution is 2.20. The van der Waals surface area contributed by atoms with Crippen LogP contribution in [0.15, 0.2) is 41.6 Å². The number of aryl methyl sites for hydroxylation is 1. The van der Waals surface area contributed by atoms with Crippen molar-refractivity contribution in [1.29, 1.82) is 0 Å². The number of nitrogen functional groups attached to an aromatic ring is 1. The summed E-state index contributed by atoms with van der Waals surface area (Å²) in [4.78, 5) is 10.6. The highest BCUT2D eigenvalue weighted by Gasteiger charge is 2.26. The number of hydrogen-bond acceptors (Lipinski definition) is 6. The molecule has 1 saturated heterocycles. The van der Waals surface area contributed by atoms with Crippen LogP contribution in [0.25, 0.3) is 0 Å². The van der Waals surface area contributed by atoms with E-state index >= 15 is 0 Å². The minimum Gasteiger partial charge on any atom is -0.383 e. The van der Waals surface area contributed by atoms with Crippen molar-refractivity contribution in [3.05, 3.63) is 47.9 Å². The molecule has 3 N–H and O–H groups in total. The van der Waals surface area contributed by atoms with Crippen LogP contribution in [-0.4, -0.2) is 42.4 Å². The summed E-state index contributed by atoms with van der Waals surface area (Å²) in [5, 5.41) is 0. The number of rotatable bonds is 5. The average molecular weight is 361 g/mol. The second-order valence-corrected chi connectivity index (χ2v) is 8.07. The molecule has 1 fully saturated rings. The van der Waals surface area contributed by atoms with Gasteiger partial charge in [0, 0.05) is 38.1 Å². The van der Waals surface area contributed by atoms with Crippen molar-refractivity contribution in [1.82, 2.24) is 19.6 Å². The molecule has 8 heteroatoms. The summed E-state index contributed by atoms with van der Waals surface area (Å²) in [5.74, 6) is 0.0330. The smallest absolute Gasteiger partial charge is 0.244 e. The van der Waals surface area contributed by atoms with Gasteiger partial charge < -0.3 is 5.73 Å². The Hall–Kier alpha value is -2.03. The number of nitrogens with one attached hydrogen (secondary N) is 1. The van der Waals surface area contributed by atoms with Gasteiger partial charge in [-0.2, -0.15) is 0 Å². The van der Waals surface area contributed by atoms with Gasteiger partial charge in [0.1, 0.15) is 10.7 Å². The molecule has 1 aliphatic heterocycles. The van der Waals surface area contributed by atoms with Gasteiger partial charge in [-0.25, -0.2) is 18.1 Å². The fourth-order valence-electron chi connectivity index (χ4n) is 2.98. The van der Waals surface area contributed by atoms with Crippen molar-refractivity contribution in [3.63, 3.8) is 0 Å². The molecule has 2 aromatic heterocycles. The maximum absolute atomic E-state index is 12.6. The van der Waals surface area contributed by atoms with E-state index in [2.05, 4.69) is 19.6 Å². The lowest BCUT2D eigenvalue weighted by Gasteiger charge is -2.32. The third-order valence-corrected chi connectivity index (χ3v) is 5.88. The third-order valence-electron chi connectivity index (χ3n) is 4.33. The average Bonchev–Trinajstić information content (AvgIpc) is 2.59. The Balaban J connectivity index is 1.59. The minimum atomic E-state index is -3.66. The molecule has 0 aliphatic carbocycles. The zero-order valence-electron chi connectivity index (χ0n) is 14.2. The van der Waals surface area contributed by atoms with Crippen LogP contribution in [0.2, 0.25) is 0 Å². The standard InChI is InChI=1S/C17H23N5O2S/c1-13-10-16(17(18)20-11-13)25(23,24)21-14-5-8-22(9-6-14)12-15-4-2-3-7-19-15/h2-4,7,10-11,14,21H,5-6,8-9,12H2,1H3,(H2,18,20). The van der Waals surface area contributed by atoms with E-state index in [0.717, 1.165) is 43.7 Å². The molecular formula is C17H23N5O2S. The van der Waals surface area contributed by atoms with Gasteiger partial charge in [-0.3, -0.25) is 9.88 Å². The summed E-state index contributed by atoms with van der Waals surface area (Å²) in [6.07, 6.45) is 4.86. The number of nitrogens with two attached hydrogens (primary N) is 1. The molecule has 2 aromatic rings. The van der Waals surface area contributed by atoms with E-state index in [0.29, 0.717) is 0 Å². The molecular weight excluding hydrogens is 338 g/mol. The van der Waals surface area contributed by atoms with Crippen LogP contribution in [0.1, 0.15) is 24.1 Å². The minimum absolute atomic E-state index is 0.0330. The van der Waals surface area contributed by atoms with Crippen molar-refractivity contribution in [2.75, 3.05) is 18.8 Å². The molecule has 0 amide bonds. The predicted molar refractivity (Wildman–Crippen MR) is 96.2 cm³/mol. The molecule has 0 saturated carbocycles. The van der Waals surface area contributed by atoms with Gasteiger partial charge >= 0.3 is 0 Å². The normalized spacial score (nSPS) is 16.8. The van der Waals surface area contributed by atoms with Crippen molar-refractivity contribution in [2.45, 2.75) is 37.2 Å². The molecule has 7 nitrogen and oxygen atoms in total. The Morgan fingerprint density at radius 1 is 1.28 bits per heavy atom. The maximum atomic E-state index is 12.6. The molecule has 0 aromatic carbocycles. The van der Waals surface area contributed by atoms with Crippen LogP contribution in [0, 0.1) is 6.92 Å². The molecule has 0 atom stereocenters. The van der Waals surface area contributed by atoms with Crippen molar-refractivity contribution < 1.29 is 8.42 Å². The number of sulfonamides is 1. The first-order chi connectivity index (χ1) is 11.9. The molecule has 0 unspecified atom stereocenters. The summed E-state index contributed by atoms with van der Waals surface area (Å²) in [7, 11) is -3.66. The second-order valence-electron chi connectivity index (χ2n) is 6.39. The fourth-order valence-corrected chi connectivity index (χ4v) is 4.45. The zero-order valence-corrected chi connectivity index (χ0v) is 15.0. The number of likely N-dealkylation sites (tertiary alicyclic amines) is 1. The molecule has 134 valence electrons. The summed E-state index contributed by atoms with van der Waals surface area (Å²) in [6, 6.07) is 7.34. The van der Waals surface area contributed by atoms with Crippen LogP contribution < -0.4 is 10.5 Å². The number of nitrogens with zero attached hydrogens (tertiary/aromatic N) is 3. The van der Waals surface area contributed by atoms with Crippen LogP contribution in [0.3, 0.4) is 0 Å². The van der Waals surface area contributed by atoms with Crippen LogP contribution >= 0.6 is 0 Å². The highest BCUT2D eigenvalue weighted by atomic mass is 32.2. The van der Waals surface area contributed by atoms with E-state index in [1.54, 1.807) is 25.4 Å². The van der Waals surface area contributed by atoms with Crippen molar-refractivity contribution in [3.8, 4) is 0 Å². The van der Waals surface area contributed by atoms with Crippen LogP contribution in [0.4, 0.5) is 5.82 Å². The van der Waals surface area contributed by atoms with Crippen LogP contribution in [0.5, 0.6) is 0 Å². The predicted octanol–water partition coefficient (Wildman–Crippen LogP) is 1.31. The SMILES string of the molecule is Cc1cnc(N)c(S(=O)(=O)NC2CCN(Cc3ccccn3)CC2)c1. The lowest BCUT2D eigenvalue weighted by molar-refractivity contribution is 0.198. The van der Waals surface area contributed by atoms with E-state index in [4.69, 9.17) is 5.73 Å². The van der Waals surface area contributed by atoms with Gasteiger partial charge in [-0.1, -0.05) is 6.07 Å². The first-order valence-electron chi connectivity index (χ1n) is 8.31. The van der Waals surface area contributed by atoms with Gasteiger partial charge in [0.2, 0.25) is 10.0 Å². The van der Waals surface area contributed by atoms with Crippen LogP contribution in [-0.2, 0) is 16.6 Å². The van der Waals surface area contributed by atoms with E-state index in [1.807, 2.05) is 18.2 Å². The van der Waals surface area contributed by atoms with Gasteiger partial charge in [0.05, 0.1) is 5.69 Å². The number of anilines is 1. The Bertz CT molecular complexity index is 818. The van der Waals surface area contributed by atoms with Gasteiger partial charge in [-0.15, -0.1) is 0 Å². The Kier molecular flexibility index (Phi) is 5.31. The summed E-state index contributed by atoms with van der Waals surface area (Å²) in [5.41, 5.74) is 7.53. The Morgan fingerprint density at radius 3 is 2.72 bits per heavy atom. The fraction of sp³-hybridized carbons (Fsp3) is 0.412. The van der Waals surface area contributed by atoms with E-state index in [-0.39, 0.29) is 16.8 Å². The lowest BCUT2D eigenvalue weighted by Crippen LogP contribution is -2.44. The highest BCUT2D eigenvalue weighted by molar-refractivity contribution is 7.89. The molecule has 1 aliphatic rings. The number of hydrogen-bond donors (Lipinski definition) is 2. The Labute approximate surface area is 148 Å². The summed E-state index contributed by atoms with van der Waals surface area (Å²) in [6.45, 7) is 4.23. The first-order valence-corrected chi connectivity index (χ1v) is 9.79. The number of piperidine rings is 1. The third kappa shape index (κ3) is 4.53. The summed E-state index contributed by atoms with van der Waals surface area (Å²) < 4.78 is 28.0. The van der Waals surface area contributed by atoms with E-state index < -0.39 is 10.0 Å². The van der Waals surface area contributed by atoms with E-state index in [9.17, 15) is 8.42 Å². The molecule has 3 rings (SSSR count). The second kappa shape index (κ2) is 7.47. The largest absolute Gasteiger partial charge is 0.383 e. The van der Waals surface area contributed by atoms with Gasteiger partial charge in [0.25, 0.3) is 0 Å². The number of aromatic nitrogens is 2. The van der Waals surface area contributed by atoms with Crippen molar-refractivity contribution in [2.24, 2.45) is 0 Å². The maximum Gasteiger partial charge on any atom is 0.244 e. The topological polar surface area (TPSA) is 101 Å². The molecule has 0 bridgehead atoms. The molecule has 0 radical (unpaired) electrons. The molecule has 0 spiro atoms. The number of pyridine rings is 2. The van der Waals surface area contributed by atoms with Crippen molar-refractivity contribution >= 4 is 15.8 Å². The zero-order chi connectivity index (χ0) is 17.9. The molecule has 25 heavy (non-hydrogen) atoms. The molecule has 3 heterocycles. The quantitative estimate of drug-likeness (QED) is 0.833. The van der Waals surface area contributed by atoms with Gasteiger partial charge in [-0.05, 0) is 43.5 Å². The lowest BCUT2D eigenvalue weighted by atomic mass is 10.1. The Morgan fingerprint density at radius 2 is 2.04 bits per heavy atom.